The average Bonchev–Trinajstić information content (AvgIpc) is 3.03. The van der Waals surface area contributed by atoms with Crippen molar-refractivity contribution < 1.29 is 0 Å². The Kier molecular flexibility index (Phi) is 3.55. The van der Waals surface area contributed by atoms with Gasteiger partial charge in [0.05, 0.1) is 11.0 Å². The number of benzene rings is 4. The smallest absolute Gasteiger partial charge is 0.0541 e. The molecule has 2 heteroatoms. The third kappa shape index (κ3) is 2.40. The Morgan fingerprint density at radius 3 is 2.00 bits per heavy atom. The van der Waals surface area contributed by atoms with E-state index in [9.17, 15) is 0 Å². The van der Waals surface area contributed by atoms with Crippen LogP contribution < -0.4 is 0 Å². The normalized spacial score (nSPS) is 11.3. The van der Waals surface area contributed by atoms with Crippen molar-refractivity contribution in [1.29, 1.82) is 0 Å². The first-order valence-corrected chi connectivity index (χ1v) is 9.04. The molecule has 0 amide bonds. The van der Waals surface area contributed by atoms with Crippen LogP contribution in [0.25, 0.3) is 38.6 Å². The minimum Gasteiger partial charge on any atom is -0.309 e. The van der Waals surface area contributed by atoms with Crippen molar-refractivity contribution in [2.45, 2.75) is 0 Å². The van der Waals surface area contributed by atoms with Crippen LogP contribution in [0.4, 0.5) is 0 Å². The lowest BCUT2D eigenvalue weighted by Crippen LogP contribution is -1.92. The molecule has 0 unspecified atom stereocenters. The molecule has 0 spiro atoms. The summed E-state index contributed by atoms with van der Waals surface area (Å²) in [5.74, 6) is 0. The molecule has 4 aromatic carbocycles. The van der Waals surface area contributed by atoms with E-state index in [0.717, 1.165) is 5.02 Å². The zero-order chi connectivity index (χ0) is 17.5. The lowest BCUT2D eigenvalue weighted by molar-refractivity contribution is 1.18. The summed E-state index contributed by atoms with van der Waals surface area (Å²) in [5.41, 5.74) is 5.99. The summed E-state index contributed by atoms with van der Waals surface area (Å²) in [6, 6.07) is 33.8. The second kappa shape index (κ2) is 6.05. The second-order valence-corrected chi connectivity index (χ2v) is 6.86. The zero-order valence-electron chi connectivity index (χ0n) is 14.1. The molecular formula is C24H16ClN. The van der Waals surface area contributed by atoms with Gasteiger partial charge < -0.3 is 4.57 Å². The molecule has 5 aromatic rings. The first-order valence-electron chi connectivity index (χ1n) is 8.66. The molecule has 1 heterocycles. The number of fused-ring (bicyclic) bond motifs is 3. The van der Waals surface area contributed by atoms with Crippen molar-refractivity contribution >= 4 is 33.4 Å². The van der Waals surface area contributed by atoms with E-state index < -0.39 is 0 Å². The fourth-order valence-corrected chi connectivity index (χ4v) is 3.78. The molecule has 1 aromatic heterocycles. The highest BCUT2D eigenvalue weighted by molar-refractivity contribution is 6.30. The van der Waals surface area contributed by atoms with Crippen LogP contribution in [0.2, 0.25) is 5.02 Å². The average molecular weight is 354 g/mol. The Bertz CT molecular complexity index is 1220. The predicted octanol–water partition coefficient (Wildman–Crippen LogP) is 7.10. The van der Waals surface area contributed by atoms with Gasteiger partial charge in [-0.05, 0) is 53.6 Å². The van der Waals surface area contributed by atoms with E-state index in [1.54, 1.807) is 0 Å². The summed E-state index contributed by atoms with van der Waals surface area (Å²) >= 11 is 6.04. The highest BCUT2D eigenvalue weighted by atomic mass is 35.5. The van der Waals surface area contributed by atoms with E-state index in [2.05, 4.69) is 89.5 Å². The Hall–Kier alpha value is -3.03. The molecule has 0 bridgehead atoms. The second-order valence-electron chi connectivity index (χ2n) is 6.43. The third-order valence-corrected chi connectivity index (χ3v) is 5.12. The van der Waals surface area contributed by atoms with E-state index in [-0.39, 0.29) is 0 Å². The minimum absolute atomic E-state index is 0.760. The fraction of sp³-hybridized carbons (Fsp3) is 0. The Balaban J connectivity index is 1.82. The van der Waals surface area contributed by atoms with Gasteiger partial charge in [0.25, 0.3) is 0 Å². The van der Waals surface area contributed by atoms with E-state index in [1.165, 1.54) is 38.6 Å². The van der Waals surface area contributed by atoms with Crippen LogP contribution in [0.3, 0.4) is 0 Å². The van der Waals surface area contributed by atoms with Crippen LogP contribution >= 0.6 is 11.6 Å². The van der Waals surface area contributed by atoms with Gasteiger partial charge in [0.2, 0.25) is 0 Å². The van der Waals surface area contributed by atoms with Gasteiger partial charge >= 0.3 is 0 Å². The van der Waals surface area contributed by atoms with Crippen molar-refractivity contribution in [2.75, 3.05) is 0 Å². The van der Waals surface area contributed by atoms with Gasteiger partial charge in [-0.15, -0.1) is 0 Å². The highest BCUT2D eigenvalue weighted by Crippen LogP contribution is 2.34. The number of aromatic nitrogens is 1. The van der Waals surface area contributed by atoms with Crippen molar-refractivity contribution in [1.82, 2.24) is 4.57 Å². The molecule has 124 valence electrons. The molecule has 0 aliphatic heterocycles. The monoisotopic (exact) mass is 353 g/mol. The molecule has 0 saturated carbocycles. The molecule has 5 rings (SSSR count). The first kappa shape index (κ1) is 15.2. The van der Waals surface area contributed by atoms with Crippen molar-refractivity contribution in [2.24, 2.45) is 0 Å². The molecule has 0 N–H and O–H groups in total. The van der Waals surface area contributed by atoms with Crippen LogP contribution in [0.15, 0.2) is 97.1 Å². The lowest BCUT2D eigenvalue weighted by Gasteiger charge is -2.08. The van der Waals surface area contributed by atoms with Crippen LogP contribution in [0, 0.1) is 0 Å². The summed E-state index contributed by atoms with van der Waals surface area (Å²) < 4.78 is 2.33. The summed E-state index contributed by atoms with van der Waals surface area (Å²) in [7, 11) is 0. The maximum Gasteiger partial charge on any atom is 0.0541 e. The van der Waals surface area contributed by atoms with Gasteiger partial charge in [0, 0.05) is 21.5 Å². The van der Waals surface area contributed by atoms with Crippen molar-refractivity contribution in [3.8, 4) is 16.8 Å². The summed E-state index contributed by atoms with van der Waals surface area (Å²) in [5, 5.41) is 3.29. The Morgan fingerprint density at radius 1 is 0.538 bits per heavy atom. The molecule has 0 saturated heterocycles. The number of nitrogens with zero attached hydrogens (tertiary/aromatic N) is 1. The number of hydrogen-bond acceptors (Lipinski definition) is 0. The number of para-hydroxylation sites is 2. The summed E-state index contributed by atoms with van der Waals surface area (Å²) in [4.78, 5) is 0. The molecule has 0 atom stereocenters. The van der Waals surface area contributed by atoms with Gasteiger partial charge in [0.15, 0.2) is 0 Å². The molecule has 0 radical (unpaired) electrons. The van der Waals surface area contributed by atoms with Crippen LogP contribution in [-0.4, -0.2) is 4.57 Å². The zero-order valence-corrected chi connectivity index (χ0v) is 14.8. The van der Waals surface area contributed by atoms with E-state index in [4.69, 9.17) is 11.6 Å². The van der Waals surface area contributed by atoms with Crippen LogP contribution in [-0.2, 0) is 0 Å². The molecule has 1 nitrogen and oxygen atoms in total. The van der Waals surface area contributed by atoms with Crippen molar-refractivity contribution in [3.05, 3.63) is 102 Å². The van der Waals surface area contributed by atoms with Gasteiger partial charge in [-0.3, -0.25) is 0 Å². The van der Waals surface area contributed by atoms with Gasteiger partial charge in [-0.1, -0.05) is 66.2 Å². The Labute approximate surface area is 157 Å². The fourth-order valence-electron chi connectivity index (χ4n) is 3.65. The molecule has 26 heavy (non-hydrogen) atoms. The quantitative estimate of drug-likeness (QED) is 0.319. The molecule has 0 fully saturated rings. The van der Waals surface area contributed by atoms with E-state index in [0.29, 0.717) is 0 Å². The number of rotatable bonds is 2. The highest BCUT2D eigenvalue weighted by Gasteiger charge is 2.12. The van der Waals surface area contributed by atoms with Gasteiger partial charge in [-0.25, -0.2) is 0 Å². The largest absolute Gasteiger partial charge is 0.309 e. The molecule has 0 aliphatic carbocycles. The maximum absolute atomic E-state index is 6.04. The van der Waals surface area contributed by atoms with Crippen LogP contribution in [0.1, 0.15) is 0 Å². The van der Waals surface area contributed by atoms with Gasteiger partial charge in [0.1, 0.15) is 0 Å². The third-order valence-electron chi connectivity index (χ3n) is 4.86. The first-order chi connectivity index (χ1) is 12.8. The van der Waals surface area contributed by atoms with Crippen molar-refractivity contribution in [3.63, 3.8) is 0 Å². The number of halogens is 1. The summed E-state index contributed by atoms with van der Waals surface area (Å²) in [6.45, 7) is 0. The maximum atomic E-state index is 6.04. The van der Waals surface area contributed by atoms with Gasteiger partial charge in [-0.2, -0.15) is 0 Å². The minimum atomic E-state index is 0.760. The molecular weight excluding hydrogens is 338 g/mol. The topological polar surface area (TPSA) is 4.93 Å². The number of hydrogen-bond donors (Lipinski definition) is 0. The summed E-state index contributed by atoms with van der Waals surface area (Å²) in [6.07, 6.45) is 0. The van der Waals surface area contributed by atoms with E-state index >= 15 is 0 Å². The lowest BCUT2D eigenvalue weighted by atomic mass is 10.0. The van der Waals surface area contributed by atoms with E-state index in [1.807, 2.05) is 12.1 Å². The van der Waals surface area contributed by atoms with Crippen LogP contribution in [0.5, 0.6) is 0 Å². The standard InChI is InChI=1S/C24H16ClN/c25-19-13-10-17(11-14-19)18-12-15-24-22(16-18)21-8-4-5-9-23(21)26(24)20-6-2-1-3-7-20/h1-16H. The molecule has 0 aliphatic rings. The Morgan fingerprint density at radius 2 is 1.19 bits per heavy atom. The SMILES string of the molecule is Clc1ccc(-c2ccc3c(c2)c2ccccc2n3-c2ccccc2)cc1. The predicted molar refractivity (Wildman–Crippen MR) is 111 cm³/mol.